The van der Waals surface area contributed by atoms with E-state index in [0.717, 1.165) is 19.3 Å². The summed E-state index contributed by atoms with van der Waals surface area (Å²) in [7, 11) is 1.25. The van der Waals surface area contributed by atoms with Gasteiger partial charge in [-0.2, -0.15) is 0 Å². The maximum Gasteiger partial charge on any atom is 0.325 e. The molecular weight excluding hydrogens is 240 g/mol. The summed E-state index contributed by atoms with van der Waals surface area (Å²) in [4.78, 5) is 32.1. The van der Waals surface area contributed by atoms with Crippen LogP contribution in [0.15, 0.2) is 0 Å². The fraction of sp³-hybridized carbons (Fsp3) is 0.727. The van der Waals surface area contributed by atoms with Gasteiger partial charge in [0.1, 0.15) is 6.54 Å². The maximum atomic E-state index is 11.1. The highest BCUT2D eigenvalue weighted by molar-refractivity contribution is 5.80. The highest BCUT2D eigenvalue weighted by Gasteiger charge is 2.03. The minimum atomic E-state index is -0.782. The summed E-state index contributed by atoms with van der Waals surface area (Å²) in [5, 5.41) is 13.3. The fourth-order valence-corrected chi connectivity index (χ4v) is 1.24. The Hall–Kier alpha value is -1.79. The van der Waals surface area contributed by atoms with Crippen molar-refractivity contribution in [1.82, 2.24) is 10.6 Å². The molecule has 2 amide bonds. The number of ether oxygens (including phenoxy) is 1. The Labute approximate surface area is 106 Å². The second-order valence-corrected chi connectivity index (χ2v) is 3.74. The van der Waals surface area contributed by atoms with Gasteiger partial charge in [-0.25, -0.2) is 4.79 Å². The first kappa shape index (κ1) is 16.2. The highest BCUT2D eigenvalue weighted by atomic mass is 16.5. The second kappa shape index (κ2) is 10.4. The van der Waals surface area contributed by atoms with Crippen molar-refractivity contribution < 1.29 is 24.2 Å². The van der Waals surface area contributed by atoms with Crippen molar-refractivity contribution in [1.29, 1.82) is 0 Å². The first-order valence-electron chi connectivity index (χ1n) is 5.86. The van der Waals surface area contributed by atoms with Gasteiger partial charge in [-0.05, 0) is 12.8 Å². The summed E-state index contributed by atoms with van der Waals surface area (Å²) in [6, 6.07) is -0.411. The van der Waals surface area contributed by atoms with Crippen molar-refractivity contribution in [3.05, 3.63) is 0 Å². The molecule has 0 saturated carbocycles. The van der Waals surface area contributed by atoms with E-state index in [1.165, 1.54) is 7.11 Å². The number of urea groups is 1. The smallest absolute Gasteiger partial charge is 0.325 e. The molecule has 0 saturated heterocycles. The molecule has 7 nitrogen and oxygen atoms in total. The van der Waals surface area contributed by atoms with E-state index in [4.69, 9.17) is 5.11 Å². The Kier molecular flexibility index (Phi) is 9.34. The normalized spacial score (nSPS) is 9.61. The number of carbonyl (C=O) groups excluding carboxylic acids is 2. The Bertz CT molecular complexity index is 281. The average Bonchev–Trinajstić information content (AvgIpc) is 2.34. The standard InChI is InChI=1S/C11H20N2O5/c1-18-10(16)8-13-11(17)12-7-5-3-2-4-6-9(14)15/h2-8H2,1H3,(H,14,15)(H2,12,13,17). The van der Waals surface area contributed by atoms with Crippen LogP contribution in [0.25, 0.3) is 0 Å². The molecule has 7 heteroatoms. The van der Waals surface area contributed by atoms with E-state index < -0.39 is 18.0 Å². The van der Waals surface area contributed by atoms with E-state index in [0.29, 0.717) is 13.0 Å². The molecule has 0 unspecified atom stereocenters. The molecule has 0 aromatic carbocycles. The number of aliphatic carboxylic acids is 1. The van der Waals surface area contributed by atoms with Crippen LogP contribution < -0.4 is 10.6 Å². The van der Waals surface area contributed by atoms with Crippen molar-refractivity contribution in [3.63, 3.8) is 0 Å². The lowest BCUT2D eigenvalue weighted by molar-refractivity contribution is -0.139. The van der Waals surface area contributed by atoms with Gasteiger partial charge in [0, 0.05) is 13.0 Å². The van der Waals surface area contributed by atoms with Gasteiger partial charge >= 0.3 is 18.0 Å². The highest BCUT2D eigenvalue weighted by Crippen LogP contribution is 2.01. The number of hydrogen-bond donors (Lipinski definition) is 3. The quantitative estimate of drug-likeness (QED) is 0.413. The molecule has 0 spiro atoms. The van der Waals surface area contributed by atoms with Crippen molar-refractivity contribution >= 4 is 18.0 Å². The number of esters is 1. The van der Waals surface area contributed by atoms with Gasteiger partial charge in [-0.1, -0.05) is 12.8 Å². The predicted octanol–water partition coefficient (Wildman–Crippen LogP) is 0.494. The summed E-state index contributed by atoms with van der Waals surface area (Å²) >= 11 is 0. The molecule has 0 heterocycles. The van der Waals surface area contributed by atoms with Gasteiger partial charge in [0.2, 0.25) is 0 Å². The van der Waals surface area contributed by atoms with Gasteiger partial charge < -0.3 is 20.5 Å². The first-order valence-corrected chi connectivity index (χ1v) is 5.86. The van der Waals surface area contributed by atoms with Crippen molar-refractivity contribution in [2.45, 2.75) is 32.1 Å². The van der Waals surface area contributed by atoms with Crippen LogP contribution in [0, 0.1) is 0 Å². The molecule has 0 aromatic rings. The van der Waals surface area contributed by atoms with Crippen molar-refractivity contribution in [3.8, 4) is 0 Å². The van der Waals surface area contributed by atoms with Gasteiger partial charge in [0.25, 0.3) is 0 Å². The number of methoxy groups -OCH3 is 1. The molecule has 0 fully saturated rings. The number of carboxylic acid groups (broad SMARTS) is 1. The van der Waals surface area contributed by atoms with Crippen LogP contribution in [0.4, 0.5) is 4.79 Å². The average molecular weight is 260 g/mol. The van der Waals surface area contributed by atoms with Crippen LogP contribution in [0.2, 0.25) is 0 Å². The zero-order valence-electron chi connectivity index (χ0n) is 10.5. The lowest BCUT2D eigenvalue weighted by Crippen LogP contribution is -2.39. The van der Waals surface area contributed by atoms with Crippen LogP contribution in [-0.2, 0) is 14.3 Å². The summed E-state index contributed by atoms with van der Waals surface area (Å²) in [5.41, 5.74) is 0. The lowest BCUT2D eigenvalue weighted by Gasteiger charge is -2.06. The van der Waals surface area contributed by atoms with E-state index in [1.807, 2.05) is 0 Å². The van der Waals surface area contributed by atoms with E-state index in [-0.39, 0.29) is 13.0 Å². The van der Waals surface area contributed by atoms with Gasteiger partial charge in [-0.3, -0.25) is 9.59 Å². The minimum Gasteiger partial charge on any atom is -0.481 e. The number of unbranched alkanes of at least 4 members (excludes halogenated alkanes) is 3. The monoisotopic (exact) mass is 260 g/mol. The van der Waals surface area contributed by atoms with Crippen molar-refractivity contribution in [2.24, 2.45) is 0 Å². The SMILES string of the molecule is COC(=O)CNC(=O)NCCCCCCC(=O)O. The molecule has 0 atom stereocenters. The second-order valence-electron chi connectivity index (χ2n) is 3.74. The van der Waals surface area contributed by atoms with Crippen LogP contribution in [0.5, 0.6) is 0 Å². The zero-order chi connectivity index (χ0) is 13.8. The Morgan fingerprint density at radius 3 is 2.33 bits per heavy atom. The van der Waals surface area contributed by atoms with Crippen LogP contribution >= 0.6 is 0 Å². The topological polar surface area (TPSA) is 105 Å². The Morgan fingerprint density at radius 1 is 1.06 bits per heavy atom. The van der Waals surface area contributed by atoms with E-state index in [1.54, 1.807) is 0 Å². The van der Waals surface area contributed by atoms with Gasteiger partial charge in [0.15, 0.2) is 0 Å². The third-order valence-electron chi connectivity index (χ3n) is 2.22. The third-order valence-corrected chi connectivity index (χ3v) is 2.22. The third kappa shape index (κ3) is 10.7. The number of nitrogens with one attached hydrogen (secondary N) is 2. The minimum absolute atomic E-state index is 0.152. The maximum absolute atomic E-state index is 11.1. The Morgan fingerprint density at radius 2 is 1.72 bits per heavy atom. The largest absolute Gasteiger partial charge is 0.481 e. The Balaban J connectivity index is 3.30. The fourth-order valence-electron chi connectivity index (χ4n) is 1.24. The zero-order valence-corrected chi connectivity index (χ0v) is 10.5. The predicted molar refractivity (Wildman–Crippen MR) is 64.1 cm³/mol. The van der Waals surface area contributed by atoms with E-state index in [2.05, 4.69) is 15.4 Å². The lowest BCUT2D eigenvalue weighted by atomic mass is 10.1. The molecule has 0 aliphatic heterocycles. The molecular formula is C11H20N2O5. The molecule has 0 aliphatic carbocycles. The van der Waals surface area contributed by atoms with Crippen LogP contribution in [-0.4, -0.2) is 43.3 Å². The van der Waals surface area contributed by atoms with Crippen molar-refractivity contribution in [2.75, 3.05) is 20.2 Å². The van der Waals surface area contributed by atoms with Gasteiger partial charge in [0.05, 0.1) is 7.11 Å². The summed E-state index contributed by atoms with van der Waals surface area (Å²) in [5.74, 6) is -1.28. The van der Waals surface area contributed by atoms with E-state index in [9.17, 15) is 14.4 Å². The molecule has 0 bridgehead atoms. The number of hydrogen-bond acceptors (Lipinski definition) is 4. The molecule has 3 N–H and O–H groups in total. The van der Waals surface area contributed by atoms with Crippen LogP contribution in [0.3, 0.4) is 0 Å². The molecule has 0 aromatic heterocycles. The molecule has 18 heavy (non-hydrogen) atoms. The molecule has 0 rings (SSSR count). The molecule has 104 valence electrons. The molecule has 0 radical (unpaired) electrons. The summed E-state index contributed by atoms with van der Waals surface area (Å²) < 4.78 is 4.36. The number of carboxylic acids is 1. The number of carbonyl (C=O) groups is 3. The number of rotatable bonds is 9. The summed E-state index contributed by atoms with van der Waals surface area (Å²) in [6.45, 7) is 0.348. The van der Waals surface area contributed by atoms with Crippen LogP contribution in [0.1, 0.15) is 32.1 Å². The molecule has 0 aliphatic rings. The first-order chi connectivity index (χ1) is 8.56. The number of amides is 2. The van der Waals surface area contributed by atoms with Gasteiger partial charge in [-0.15, -0.1) is 0 Å². The summed E-state index contributed by atoms with van der Waals surface area (Å²) in [6.07, 6.45) is 3.32. The van der Waals surface area contributed by atoms with E-state index >= 15 is 0 Å².